The van der Waals surface area contributed by atoms with Gasteiger partial charge < -0.3 is 10.6 Å². The molecule has 2 N–H and O–H groups in total. The first-order valence-electron chi connectivity index (χ1n) is 7.93. The molecule has 128 valence electrons. The maximum absolute atomic E-state index is 12.4. The number of rotatable bonds is 6. The number of para-hydroxylation sites is 1. The van der Waals surface area contributed by atoms with Crippen LogP contribution in [-0.4, -0.2) is 27.2 Å². The molecule has 2 aromatic carbocycles. The van der Waals surface area contributed by atoms with Gasteiger partial charge in [-0.15, -0.1) is 0 Å². The van der Waals surface area contributed by atoms with Crippen molar-refractivity contribution >= 4 is 28.9 Å². The Bertz CT molecular complexity index is 864. The van der Waals surface area contributed by atoms with Gasteiger partial charge in [0.05, 0.1) is 17.9 Å². The number of anilines is 2. The van der Waals surface area contributed by atoms with Gasteiger partial charge in [0, 0.05) is 10.7 Å². The van der Waals surface area contributed by atoms with E-state index in [2.05, 4.69) is 27.6 Å². The summed E-state index contributed by atoms with van der Waals surface area (Å²) < 4.78 is 1.58. The number of nitrogens with zero attached hydrogens (tertiary/aromatic N) is 3. The number of benzene rings is 2. The van der Waals surface area contributed by atoms with Crippen LogP contribution in [0.4, 0.5) is 11.4 Å². The molecule has 0 aliphatic heterocycles. The van der Waals surface area contributed by atoms with Crippen molar-refractivity contribution in [3.05, 3.63) is 65.7 Å². The second-order valence-corrected chi connectivity index (χ2v) is 5.85. The van der Waals surface area contributed by atoms with Gasteiger partial charge in [0.1, 0.15) is 12.7 Å². The summed E-state index contributed by atoms with van der Waals surface area (Å²) in [5.41, 5.74) is 3.40. The molecular weight excluding hydrogens is 338 g/mol. The number of hydrogen-bond acceptors (Lipinski definition) is 4. The minimum Gasteiger partial charge on any atom is -0.376 e. The number of amides is 1. The highest BCUT2D eigenvalue weighted by Gasteiger charge is 2.10. The molecule has 3 rings (SSSR count). The summed E-state index contributed by atoms with van der Waals surface area (Å²) in [6.45, 7) is 2.23. The molecule has 0 radical (unpaired) electrons. The summed E-state index contributed by atoms with van der Waals surface area (Å²) in [6, 6.07) is 13.2. The SMILES string of the molecule is CCc1ccccc1NCC(=O)Nc1cc(Cl)ccc1-n1cncn1. The van der Waals surface area contributed by atoms with E-state index in [-0.39, 0.29) is 12.5 Å². The molecule has 0 saturated heterocycles. The molecule has 1 aromatic heterocycles. The number of aryl methyl sites for hydroxylation is 1. The Balaban J connectivity index is 1.72. The van der Waals surface area contributed by atoms with Crippen molar-refractivity contribution in [2.45, 2.75) is 13.3 Å². The Morgan fingerprint density at radius 3 is 2.80 bits per heavy atom. The van der Waals surface area contributed by atoms with E-state index < -0.39 is 0 Å². The first-order chi connectivity index (χ1) is 12.2. The van der Waals surface area contributed by atoms with Crippen molar-refractivity contribution in [1.29, 1.82) is 0 Å². The van der Waals surface area contributed by atoms with Crippen LogP contribution in [0.3, 0.4) is 0 Å². The molecule has 0 fully saturated rings. The second kappa shape index (κ2) is 7.81. The predicted octanol–water partition coefficient (Wildman–Crippen LogP) is 3.53. The molecule has 1 heterocycles. The quantitative estimate of drug-likeness (QED) is 0.709. The first kappa shape index (κ1) is 17.0. The summed E-state index contributed by atoms with van der Waals surface area (Å²) in [5, 5.41) is 10.7. The fourth-order valence-electron chi connectivity index (χ4n) is 2.51. The van der Waals surface area contributed by atoms with Gasteiger partial charge in [-0.25, -0.2) is 9.67 Å². The van der Waals surface area contributed by atoms with Crippen molar-refractivity contribution in [1.82, 2.24) is 14.8 Å². The normalized spacial score (nSPS) is 10.5. The van der Waals surface area contributed by atoms with E-state index in [1.165, 1.54) is 11.9 Å². The van der Waals surface area contributed by atoms with Gasteiger partial charge in [-0.1, -0.05) is 36.7 Å². The van der Waals surface area contributed by atoms with Gasteiger partial charge in [-0.05, 0) is 36.2 Å². The van der Waals surface area contributed by atoms with Crippen molar-refractivity contribution in [3.8, 4) is 5.69 Å². The zero-order valence-corrected chi connectivity index (χ0v) is 14.5. The van der Waals surface area contributed by atoms with Crippen molar-refractivity contribution in [2.75, 3.05) is 17.2 Å². The molecule has 0 unspecified atom stereocenters. The molecule has 0 atom stereocenters. The average molecular weight is 356 g/mol. The zero-order chi connectivity index (χ0) is 17.6. The van der Waals surface area contributed by atoms with Gasteiger partial charge in [-0.2, -0.15) is 5.10 Å². The molecule has 7 heteroatoms. The standard InChI is InChI=1S/C18H18ClN5O/c1-2-13-5-3-4-6-15(13)21-10-18(25)23-16-9-14(19)7-8-17(16)24-12-20-11-22-24/h3-9,11-12,21H,2,10H2,1H3,(H,23,25). The van der Waals surface area contributed by atoms with Gasteiger partial charge in [0.25, 0.3) is 0 Å². The smallest absolute Gasteiger partial charge is 0.243 e. The number of halogens is 1. The van der Waals surface area contributed by atoms with E-state index in [0.717, 1.165) is 12.1 Å². The average Bonchev–Trinajstić information content (AvgIpc) is 3.14. The molecule has 3 aromatic rings. The predicted molar refractivity (Wildman–Crippen MR) is 99.3 cm³/mol. The summed E-state index contributed by atoms with van der Waals surface area (Å²) in [4.78, 5) is 16.3. The summed E-state index contributed by atoms with van der Waals surface area (Å²) in [7, 11) is 0. The number of hydrogen-bond donors (Lipinski definition) is 2. The molecule has 0 aliphatic rings. The fraction of sp³-hybridized carbons (Fsp3) is 0.167. The highest BCUT2D eigenvalue weighted by Crippen LogP contribution is 2.24. The Hall–Kier alpha value is -2.86. The third-order valence-electron chi connectivity index (χ3n) is 3.74. The van der Waals surface area contributed by atoms with Crippen LogP contribution >= 0.6 is 11.6 Å². The van der Waals surface area contributed by atoms with Crippen LogP contribution in [0.15, 0.2) is 55.1 Å². The number of aromatic nitrogens is 3. The van der Waals surface area contributed by atoms with E-state index in [9.17, 15) is 4.79 Å². The summed E-state index contributed by atoms with van der Waals surface area (Å²) in [5.74, 6) is -0.172. The minimum absolute atomic E-state index is 0.153. The third-order valence-corrected chi connectivity index (χ3v) is 3.97. The maximum atomic E-state index is 12.4. The summed E-state index contributed by atoms with van der Waals surface area (Å²) >= 11 is 6.06. The van der Waals surface area contributed by atoms with Crippen molar-refractivity contribution in [3.63, 3.8) is 0 Å². The van der Waals surface area contributed by atoms with Crippen LogP contribution in [0.25, 0.3) is 5.69 Å². The van der Waals surface area contributed by atoms with Crippen LogP contribution in [-0.2, 0) is 11.2 Å². The van der Waals surface area contributed by atoms with Gasteiger partial charge in [0.15, 0.2) is 0 Å². The number of carbonyl (C=O) groups is 1. The molecule has 0 spiro atoms. The van der Waals surface area contributed by atoms with E-state index >= 15 is 0 Å². The molecule has 25 heavy (non-hydrogen) atoms. The van der Waals surface area contributed by atoms with Crippen LogP contribution in [0.5, 0.6) is 0 Å². The van der Waals surface area contributed by atoms with Crippen molar-refractivity contribution < 1.29 is 4.79 Å². The number of nitrogens with one attached hydrogen (secondary N) is 2. The van der Waals surface area contributed by atoms with Gasteiger partial charge in [0.2, 0.25) is 5.91 Å². The zero-order valence-electron chi connectivity index (χ0n) is 13.7. The first-order valence-corrected chi connectivity index (χ1v) is 8.31. The minimum atomic E-state index is -0.172. The van der Waals surface area contributed by atoms with Crippen LogP contribution in [0.2, 0.25) is 5.02 Å². The maximum Gasteiger partial charge on any atom is 0.243 e. The Kier molecular flexibility index (Phi) is 5.30. The molecule has 1 amide bonds. The largest absolute Gasteiger partial charge is 0.376 e. The lowest BCUT2D eigenvalue weighted by molar-refractivity contribution is -0.114. The van der Waals surface area contributed by atoms with Crippen molar-refractivity contribution in [2.24, 2.45) is 0 Å². The lowest BCUT2D eigenvalue weighted by atomic mass is 10.1. The van der Waals surface area contributed by atoms with E-state index in [0.29, 0.717) is 16.4 Å². The molecule has 0 aliphatic carbocycles. The molecule has 0 bridgehead atoms. The Labute approximate surface area is 150 Å². The Morgan fingerprint density at radius 1 is 1.20 bits per heavy atom. The highest BCUT2D eigenvalue weighted by molar-refractivity contribution is 6.31. The van der Waals surface area contributed by atoms with E-state index in [4.69, 9.17) is 11.6 Å². The monoisotopic (exact) mass is 355 g/mol. The number of carbonyl (C=O) groups excluding carboxylic acids is 1. The lowest BCUT2D eigenvalue weighted by Gasteiger charge is -2.13. The van der Waals surface area contributed by atoms with Gasteiger partial charge >= 0.3 is 0 Å². The second-order valence-electron chi connectivity index (χ2n) is 5.41. The van der Waals surface area contributed by atoms with E-state index in [1.807, 2.05) is 24.3 Å². The summed E-state index contributed by atoms with van der Waals surface area (Å²) in [6.07, 6.45) is 3.90. The molecular formula is C18H18ClN5O. The topological polar surface area (TPSA) is 71.8 Å². The molecule has 6 nitrogen and oxygen atoms in total. The molecule has 0 saturated carbocycles. The van der Waals surface area contributed by atoms with Crippen LogP contribution < -0.4 is 10.6 Å². The highest BCUT2D eigenvalue weighted by atomic mass is 35.5. The van der Waals surface area contributed by atoms with E-state index in [1.54, 1.807) is 29.2 Å². The third kappa shape index (κ3) is 4.16. The van der Waals surface area contributed by atoms with Crippen LogP contribution in [0.1, 0.15) is 12.5 Å². The van der Waals surface area contributed by atoms with Crippen LogP contribution in [0, 0.1) is 0 Å². The fourth-order valence-corrected chi connectivity index (χ4v) is 2.68. The lowest BCUT2D eigenvalue weighted by Crippen LogP contribution is -2.23. The van der Waals surface area contributed by atoms with Gasteiger partial charge in [-0.3, -0.25) is 4.79 Å². The Morgan fingerprint density at radius 2 is 2.04 bits per heavy atom.